The molecule has 0 aromatic rings. The molecule has 0 unspecified atom stereocenters. The topological polar surface area (TPSA) is 29.1 Å². The molecule has 0 aromatic heterocycles. The zero-order valence-corrected chi connectivity index (χ0v) is 9.82. The van der Waals surface area contributed by atoms with Gasteiger partial charge in [0.1, 0.15) is 0 Å². The fourth-order valence-corrected chi connectivity index (χ4v) is 0.969. The number of carbonyl (C=O) groups is 1. The molecule has 0 heterocycles. The predicted molar refractivity (Wildman–Crippen MR) is 58.7 cm³/mol. The maximum absolute atomic E-state index is 11.4. The average Bonchev–Trinajstić information content (AvgIpc) is 1.78. The Hall–Kier alpha value is -0.530. The standard InChI is InChI=1S/C11H23NO.H2/c1-10(2,3)8-7-9(13)12-11(4,5)6;/h7-8H2,1-6H3,(H,12,13);1H. The Morgan fingerprint density at radius 1 is 1.15 bits per heavy atom. The summed E-state index contributed by atoms with van der Waals surface area (Å²) in [5.41, 5.74) is 0.143. The van der Waals surface area contributed by atoms with Gasteiger partial charge in [0, 0.05) is 13.4 Å². The molecule has 0 fully saturated rings. The van der Waals surface area contributed by atoms with Gasteiger partial charge in [0.15, 0.2) is 0 Å². The summed E-state index contributed by atoms with van der Waals surface area (Å²) in [6, 6.07) is 0. The summed E-state index contributed by atoms with van der Waals surface area (Å²) in [6.45, 7) is 12.5. The normalized spacial score (nSPS) is 12.8. The van der Waals surface area contributed by atoms with E-state index in [2.05, 4.69) is 26.1 Å². The third-order valence-corrected chi connectivity index (χ3v) is 1.62. The van der Waals surface area contributed by atoms with Crippen LogP contribution in [0.5, 0.6) is 0 Å². The molecule has 0 radical (unpaired) electrons. The van der Waals surface area contributed by atoms with Gasteiger partial charge >= 0.3 is 0 Å². The second-order valence-corrected chi connectivity index (χ2v) is 5.86. The molecule has 0 rings (SSSR count). The van der Waals surface area contributed by atoms with Crippen LogP contribution in [0.3, 0.4) is 0 Å². The lowest BCUT2D eigenvalue weighted by Gasteiger charge is -2.22. The predicted octanol–water partition coefficient (Wildman–Crippen LogP) is 2.97. The first kappa shape index (κ1) is 12.5. The van der Waals surface area contributed by atoms with E-state index in [1.807, 2.05) is 20.8 Å². The summed E-state index contributed by atoms with van der Waals surface area (Å²) >= 11 is 0. The Kier molecular flexibility index (Phi) is 3.95. The summed E-state index contributed by atoms with van der Waals surface area (Å²) in [5, 5.41) is 2.95. The molecular formula is C11H25NO. The molecule has 0 atom stereocenters. The Morgan fingerprint density at radius 3 is 1.92 bits per heavy atom. The van der Waals surface area contributed by atoms with E-state index < -0.39 is 0 Å². The summed E-state index contributed by atoms with van der Waals surface area (Å²) in [6.07, 6.45) is 1.57. The van der Waals surface area contributed by atoms with E-state index in [1.54, 1.807) is 0 Å². The van der Waals surface area contributed by atoms with Crippen LogP contribution in [0.25, 0.3) is 0 Å². The fourth-order valence-electron chi connectivity index (χ4n) is 0.969. The van der Waals surface area contributed by atoms with Crippen molar-refractivity contribution < 1.29 is 6.22 Å². The summed E-state index contributed by atoms with van der Waals surface area (Å²) in [4.78, 5) is 11.4. The van der Waals surface area contributed by atoms with Crippen LogP contribution in [0.4, 0.5) is 0 Å². The molecule has 80 valence electrons. The number of nitrogens with one attached hydrogen (secondary N) is 1. The van der Waals surface area contributed by atoms with E-state index in [1.165, 1.54) is 0 Å². The molecule has 0 aliphatic heterocycles. The van der Waals surface area contributed by atoms with E-state index >= 15 is 0 Å². The van der Waals surface area contributed by atoms with Gasteiger partial charge in [0.25, 0.3) is 0 Å². The van der Waals surface area contributed by atoms with Gasteiger partial charge in [-0.15, -0.1) is 0 Å². The lowest BCUT2D eigenvalue weighted by molar-refractivity contribution is -0.123. The van der Waals surface area contributed by atoms with E-state index in [0.29, 0.717) is 6.42 Å². The van der Waals surface area contributed by atoms with Crippen LogP contribution >= 0.6 is 0 Å². The van der Waals surface area contributed by atoms with Gasteiger partial charge in [-0.1, -0.05) is 20.8 Å². The van der Waals surface area contributed by atoms with Gasteiger partial charge in [-0.05, 0) is 32.6 Å². The van der Waals surface area contributed by atoms with E-state index in [-0.39, 0.29) is 18.3 Å². The van der Waals surface area contributed by atoms with E-state index in [0.717, 1.165) is 6.42 Å². The first-order chi connectivity index (χ1) is 5.60. The van der Waals surface area contributed by atoms with Gasteiger partial charge in [-0.25, -0.2) is 0 Å². The molecule has 0 aliphatic carbocycles. The molecule has 13 heavy (non-hydrogen) atoms. The van der Waals surface area contributed by atoms with Crippen molar-refractivity contribution >= 4 is 5.91 Å². The zero-order chi connectivity index (χ0) is 10.7. The van der Waals surface area contributed by atoms with Crippen molar-refractivity contribution in [2.75, 3.05) is 0 Å². The van der Waals surface area contributed by atoms with Crippen LogP contribution in [0.2, 0.25) is 0 Å². The van der Waals surface area contributed by atoms with Crippen LogP contribution in [0.15, 0.2) is 0 Å². The molecule has 1 amide bonds. The fraction of sp³-hybridized carbons (Fsp3) is 0.909. The van der Waals surface area contributed by atoms with Crippen LogP contribution in [0.1, 0.15) is 55.8 Å². The van der Waals surface area contributed by atoms with Gasteiger partial charge in [0.05, 0.1) is 0 Å². The average molecular weight is 187 g/mol. The van der Waals surface area contributed by atoms with Crippen molar-refractivity contribution in [3.63, 3.8) is 0 Å². The highest BCUT2D eigenvalue weighted by atomic mass is 16.1. The molecular weight excluding hydrogens is 162 g/mol. The quantitative estimate of drug-likeness (QED) is 0.707. The number of hydrogen-bond acceptors (Lipinski definition) is 1. The minimum atomic E-state index is -0.102. The van der Waals surface area contributed by atoms with Crippen molar-refractivity contribution in [2.45, 2.75) is 59.9 Å². The third-order valence-electron chi connectivity index (χ3n) is 1.62. The van der Waals surface area contributed by atoms with Crippen molar-refractivity contribution in [3.8, 4) is 0 Å². The minimum Gasteiger partial charge on any atom is -0.352 e. The molecule has 0 aliphatic rings. The van der Waals surface area contributed by atoms with Gasteiger partial charge < -0.3 is 5.32 Å². The molecule has 1 N–H and O–H groups in total. The Bertz CT molecular complexity index is 177. The van der Waals surface area contributed by atoms with E-state index in [4.69, 9.17) is 0 Å². The highest BCUT2D eigenvalue weighted by molar-refractivity contribution is 5.76. The molecule has 0 bridgehead atoms. The highest BCUT2D eigenvalue weighted by Crippen LogP contribution is 2.20. The van der Waals surface area contributed by atoms with Crippen LogP contribution < -0.4 is 5.32 Å². The minimum absolute atomic E-state index is 0. The van der Waals surface area contributed by atoms with Crippen molar-refractivity contribution in [1.29, 1.82) is 0 Å². The maximum Gasteiger partial charge on any atom is 0.220 e. The van der Waals surface area contributed by atoms with Crippen molar-refractivity contribution in [3.05, 3.63) is 0 Å². The first-order valence-electron chi connectivity index (χ1n) is 4.91. The number of rotatable bonds is 2. The lowest BCUT2D eigenvalue weighted by atomic mass is 9.90. The third kappa shape index (κ3) is 9.38. The lowest BCUT2D eigenvalue weighted by Crippen LogP contribution is -2.40. The summed E-state index contributed by atoms with van der Waals surface area (Å²) in [5.74, 6) is 0.155. The van der Waals surface area contributed by atoms with Crippen molar-refractivity contribution in [1.82, 2.24) is 5.32 Å². The Balaban J connectivity index is 0. The maximum atomic E-state index is 11.4. The molecule has 0 aromatic carbocycles. The molecule has 0 spiro atoms. The van der Waals surface area contributed by atoms with Crippen LogP contribution in [-0.2, 0) is 4.79 Å². The van der Waals surface area contributed by atoms with Crippen LogP contribution in [0, 0.1) is 5.41 Å². The Labute approximate surface area is 83.6 Å². The second kappa shape index (κ2) is 4.12. The van der Waals surface area contributed by atoms with E-state index in [9.17, 15) is 4.79 Å². The molecule has 0 saturated heterocycles. The largest absolute Gasteiger partial charge is 0.352 e. The number of amides is 1. The Morgan fingerprint density at radius 2 is 1.62 bits per heavy atom. The van der Waals surface area contributed by atoms with Gasteiger partial charge in [-0.2, -0.15) is 0 Å². The molecule has 2 nitrogen and oxygen atoms in total. The monoisotopic (exact) mass is 187 g/mol. The first-order valence-corrected chi connectivity index (χ1v) is 4.91. The summed E-state index contributed by atoms with van der Waals surface area (Å²) in [7, 11) is 0. The van der Waals surface area contributed by atoms with Gasteiger partial charge in [0.2, 0.25) is 5.91 Å². The SMILES string of the molecule is CC(C)(C)CCC(=O)NC(C)(C)C.[HH]. The van der Waals surface area contributed by atoms with Crippen molar-refractivity contribution in [2.24, 2.45) is 5.41 Å². The molecule has 0 saturated carbocycles. The van der Waals surface area contributed by atoms with Gasteiger partial charge in [-0.3, -0.25) is 4.79 Å². The second-order valence-electron chi connectivity index (χ2n) is 5.86. The smallest absolute Gasteiger partial charge is 0.220 e. The molecule has 2 heteroatoms. The summed E-state index contributed by atoms with van der Waals surface area (Å²) < 4.78 is 0. The zero-order valence-electron chi connectivity index (χ0n) is 9.82. The number of carbonyl (C=O) groups excluding carboxylic acids is 1. The number of hydrogen-bond donors (Lipinski definition) is 1. The highest BCUT2D eigenvalue weighted by Gasteiger charge is 2.16. The van der Waals surface area contributed by atoms with Crippen LogP contribution in [-0.4, -0.2) is 11.4 Å².